The minimum absolute atomic E-state index is 0.0632. The van der Waals surface area contributed by atoms with Gasteiger partial charge in [-0.15, -0.1) is 0 Å². The fourth-order valence-electron chi connectivity index (χ4n) is 4.30. The minimum Gasteiger partial charge on any atom is -0.491 e. The van der Waals surface area contributed by atoms with Crippen LogP contribution in [0.3, 0.4) is 0 Å². The maximum Gasteiger partial charge on any atom is 0.410 e. The largest absolute Gasteiger partial charge is 0.491 e. The van der Waals surface area contributed by atoms with Crippen molar-refractivity contribution in [3.8, 4) is 5.75 Å². The molecule has 2 atom stereocenters. The predicted molar refractivity (Wildman–Crippen MR) is 115 cm³/mol. The summed E-state index contributed by atoms with van der Waals surface area (Å²) in [6, 6.07) is 3.39. The molecular formula is C23H27N3O7. The number of nitrogens with zero attached hydrogens (tertiary/aromatic N) is 2. The number of piperidine rings is 1. The first-order valence-electron chi connectivity index (χ1n) is 11.0. The molecule has 10 heteroatoms. The summed E-state index contributed by atoms with van der Waals surface area (Å²) in [5.41, 5.74) is -0.252. The molecule has 0 radical (unpaired) electrons. The standard InChI is InChI=1S/C23H27N3O7/c1-23(2,3)33-22(31)25-10-4-5-13(25)12-32-14-6-7-15-16(11-14)21(30)26(20(15)29)17-8-9-18(27)24-19(17)28/h6-7,11,13,17H,4-5,8-10,12H2,1-3H3,(H,24,27,28)/t13-,17?/m1/s1. The monoisotopic (exact) mass is 457 g/mol. The number of fused-ring (bicyclic) bond motifs is 1. The van der Waals surface area contributed by atoms with E-state index >= 15 is 0 Å². The molecule has 176 valence electrons. The Morgan fingerprint density at radius 3 is 2.52 bits per heavy atom. The first kappa shape index (κ1) is 22.8. The molecule has 2 fully saturated rings. The van der Waals surface area contributed by atoms with Crippen molar-refractivity contribution in [2.75, 3.05) is 13.2 Å². The lowest BCUT2D eigenvalue weighted by molar-refractivity contribution is -0.136. The quantitative estimate of drug-likeness (QED) is 0.685. The number of nitrogens with one attached hydrogen (secondary N) is 1. The molecular weight excluding hydrogens is 430 g/mol. The zero-order chi connectivity index (χ0) is 23.9. The lowest BCUT2D eigenvalue weighted by atomic mass is 10.0. The average Bonchev–Trinajstić information content (AvgIpc) is 3.29. The second-order valence-electron chi connectivity index (χ2n) is 9.44. The van der Waals surface area contributed by atoms with Crippen LogP contribution >= 0.6 is 0 Å². The number of amides is 5. The lowest BCUT2D eigenvalue weighted by Gasteiger charge is -2.28. The number of carbonyl (C=O) groups excluding carboxylic acids is 5. The molecule has 1 unspecified atom stereocenters. The van der Waals surface area contributed by atoms with Crippen molar-refractivity contribution in [2.45, 2.75) is 64.1 Å². The molecule has 1 aromatic rings. The molecule has 0 bridgehead atoms. The molecule has 0 aliphatic carbocycles. The Hall–Kier alpha value is -3.43. The molecule has 1 N–H and O–H groups in total. The molecule has 5 amide bonds. The van der Waals surface area contributed by atoms with Crippen LogP contribution in [-0.2, 0) is 14.3 Å². The van der Waals surface area contributed by atoms with Crippen LogP contribution in [0.4, 0.5) is 4.79 Å². The third-order valence-electron chi connectivity index (χ3n) is 5.86. The van der Waals surface area contributed by atoms with Crippen LogP contribution in [0.25, 0.3) is 0 Å². The topological polar surface area (TPSA) is 122 Å². The second kappa shape index (κ2) is 8.49. The molecule has 2 saturated heterocycles. The van der Waals surface area contributed by atoms with Gasteiger partial charge in [-0.25, -0.2) is 4.79 Å². The molecule has 0 spiro atoms. The van der Waals surface area contributed by atoms with Gasteiger partial charge in [0, 0.05) is 13.0 Å². The number of carbonyl (C=O) groups is 5. The fourth-order valence-corrected chi connectivity index (χ4v) is 4.30. The number of hydrogen-bond donors (Lipinski definition) is 1. The number of imide groups is 2. The Morgan fingerprint density at radius 2 is 1.82 bits per heavy atom. The Balaban J connectivity index is 1.44. The smallest absolute Gasteiger partial charge is 0.410 e. The molecule has 33 heavy (non-hydrogen) atoms. The van der Waals surface area contributed by atoms with Crippen molar-refractivity contribution in [1.29, 1.82) is 0 Å². The lowest BCUT2D eigenvalue weighted by Crippen LogP contribution is -2.54. The summed E-state index contributed by atoms with van der Waals surface area (Å²) in [6.07, 6.45) is 1.38. The summed E-state index contributed by atoms with van der Waals surface area (Å²) in [5.74, 6) is -1.85. The van der Waals surface area contributed by atoms with E-state index in [0.29, 0.717) is 12.3 Å². The van der Waals surface area contributed by atoms with E-state index in [-0.39, 0.29) is 42.7 Å². The summed E-state index contributed by atoms with van der Waals surface area (Å²) in [4.78, 5) is 64.3. The van der Waals surface area contributed by atoms with Crippen molar-refractivity contribution < 1.29 is 33.4 Å². The van der Waals surface area contributed by atoms with Gasteiger partial charge in [0.2, 0.25) is 11.8 Å². The van der Waals surface area contributed by atoms with E-state index in [1.165, 1.54) is 12.1 Å². The second-order valence-corrected chi connectivity index (χ2v) is 9.44. The van der Waals surface area contributed by atoms with E-state index in [9.17, 15) is 24.0 Å². The Morgan fingerprint density at radius 1 is 1.09 bits per heavy atom. The van der Waals surface area contributed by atoms with Crippen LogP contribution in [0.15, 0.2) is 18.2 Å². The number of likely N-dealkylation sites (tertiary alicyclic amines) is 1. The molecule has 3 aliphatic heterocycles. The van der Waals surface area contributed by atoms with Crippen molar-refractivity contribution in [3.63, 3.8) is 0 Å². The number of hydrogen-bond acceptors (Lipinski definition) is 7. The molecule has 3 aliphatic rings. The zero-order valence-corrected chi connectivity index (χ0v) is 18.9. The Bertz CT molecular complexity index is 1030. The highest BCUT2D eigenvalue weighted by atomic mass is 16.6. The Labute approximate surface area is 191 Å². The summed E-state index contributed by atoms with van der Waals surface area (Å²) >= 11 is 0. The van der Waals surface area contributed by atoms with Crippen LogP contribution in [0.1, 0.15) is 67.2 Å². The first-order chi connectivity index (χ1) is 15.5. The highest BCUT2D eigenvalue weighted by molar-refractivity contribution is 6.23. The third-order valence-corrected chi connectivity index (χ3v) is 5.86. The summed E-state index contributed by atoms with van der Waals surface area (Å²) in [5, 5.41) is 2.17. The van der Waals surface area contributed by atoms with Gasteiger partial charge in [0.05, 0.1) is 17.2 Å². The number of benzene rings is 1. The normalized spacial score (nSPS) is 23.0. The van der Waals surface area contributed by atoms with Crippen molar-refractivity contribution in [3.05, 3.63) is 29.3 Å². The van der Waals surface area contributed by atoms with Gasteiger partial charge in [0.25, 0.3) is 11.8 Å². The predicted octanol–water partition coefficient (Wildman–Crippen LogP) is 1.87. The molecule has 0 saturated carbocycles. The number of rotatable bonds is 4. The third kappa shape index (κ3) is 4.55. The van der Waals surface area contributed by atoms with Crippen LogP contribution in [-0.4, -0.2) is 70.4 Å². The van der Waals surface area contributed by atoms with Crippen molar-refractivity contribution in [1.82, 2.24) is 15.1 Å². The van der Waals surface area contributed by atoms with Crippen LogP contribution < -0.4 is 10.1 Å². The van der Waals surface area contributed by atoms with Gasteiger partial charge in [-0.05, 0) is 58.2 Å². The molecule has 10 nitrogen and oxygen atoms in total. The molecule has 0 aromatic heterocycles. The highest BCUT2D eigenvalue weighted by Gasteiger charge is 2.44. The average molecular weight is 457 g/mol. The van der Waals surface area contributed by atoms with E-state index in [2.05, 4.69) is 5.32 Å². The van der Waals surface area contributed by atoms with Crippen LogP contribution in [0, 0.1) is 0 Å². The van der Waals surface area contributed by atoms with E-state index in [1.807, 2.05) is 20.8 Å². The van der Waals surface area contributed by atoms with E-state index < -0.39 is 35.3 Å². The van der Waals surface area contributed by atoms with E-state index in [4.69, 9.17) is 9.47 Å². The molecule has 3 heterocycles. The Kier molecular flexibility index (Phi) is 5.85. The maximum atomic E-state index is 12.9. The summed E-state index contributed by atoms with van der Waals surface area (Å²) < 4.78 is 11.3. The van der Waals surface area contributed by atoms with Gasteiger partial charge in [-0.3, -0.25) is 29.4 Å². The van der Waals surface area contributed by atoms with E-state index in [0.717, 1.165) is 17.7 Å². The summed E-state index contributed by atoms with van der Waals surface area (Å²) in [7, 11) is 0. The van der Waals surface area contributed by atoms with Crippen LogP contribution in [0.5, 0.6) is 5.75 Å². The van der Waals surface area contributed by atoms with Crippen molar-refractivity contribution >= 4 is 29.7 Å². The first-order valence-corrected chi connectivity index (χ1v) is 11.0. The highest BCUT2D eigenvalue weighted by Crippen LogP contribution is 2.31. The fraction of sp³-hybridized carbons (Fsp3) is 0.522. The summed E-state index contributed by atoms with van der Waals surface area (Å²) in [6.45, 7) is 6.24. The van der Waals surface area contributed by atoms with Gasteiger partial charge in [0.1, 0.15) is 24.0 Å². The molecule has 4 rings (SSSR count). The van der Waals surface area contributed by atoms with Gasteiger partial charge < -0.3 is 14.4 Å². The van der Waals surface area contributed by atoms with Gasteiger partial charge >= 0.3 is 6.09 Å². The van der Waals surface area contributed by atoms with Gasteiger partial charge in [-0.1, -0.05) is 0 Å². The maximum absolute atomic E-state index is 12.9. The minimum atomic E-state index is -1.01. The SMILES string of the molecule is CC(C)(C)OC(=O)N1CCC[C@@H]1COc1ccc2c(c1)C(=O)N(C1CCC(=O)NC1=O)C2=O. The van der Waals surface area contributed by atoms with E-state index in [1.54, 1.807) is 11.0 Å². The van der Waals surface area contributed by atoms with Crippen molar-refractivity contribution in [2.24, 2.45) is 0 Å². The van der Waals surface area contributed by atoms with Gasteiger partial charge in [0.15, 0.2) is 0 Å². The van der Waals surface area contributed by atoms with Crippen LogP contribution in [0.2, 0.25) is 0 Å². The zero-order valence-electron chi connectivity index (χ0n) is 18.9. The molecule has 1 aromatic carbocycles. The van der Waals surface area contributed by atoms with Gasteiger partial charge in [-0.2, -0.15) is 0 Å². The number of ether oxygens (including phenoxy) is 2.